The van der Waals surface area contributed by atoms with Crippen molar-refractivity contribution in [3.8, 4) is 0 Å². The topological polar surface area (TPSA) is 12.0 Å². The molecule has 1 nitrogen and oxygen atoms in total. The summed E-state index contributed by atoms with van der Waals surface area (Å²) >= 11 is 5.36. The molecule has 0 aliphatic heterocycles. The Hall–Kier alpha value is 0.140. The van der Waals surface area contributed by atoms with Crippen molar-refractivity contribution < 1.29 is 0 Å². The van der Waals surface area contributed by atoms with Crippen molar-refractivity contribution in [3.63, 3.8) is 0 Å². The van der Waals surface area contributed by atoms with Gasteiger partial charge in [0.25, 0.3) is 0 Å². The molecule has 15 heavy (non-hydrogen) atoms. The molecule has 1 N–H and O–H groups in total. The third-order valence-corrected chi connectivity index (χ3v) is 4.13. The minimum atomic E-state index is 0.395. The lowest BCUT2D eigenvalue weighted by Crippen LogP contribution is -2.23. The highest BCUT2D eigenvalue weighted by molar-refractivity contribution is 9.11. The molecule has 0 fully saturated rings. The van der Waals surface area contributed by atoms with Crippen molar-refractivity contribution in [3.05, 3.63) is 20.8 Å². The van der Waals surface area contributed by atoms with Crippen molar-refractivity contribution >= 4 is 27.3 Å². The molecule has 0 spiro atoms. The largest absolute Gasteiger partial charge is 0.317 e. The summed E-state index contributed by atoms with van der Waals surface area (Å²) in [5.74, 6) is 0. The number of nitrogens with one attached hydrogen (secondary N) is 1. The number of hydrogen-bond donors (Lipinski definition) is 1. The zero-order valence-electron chi connectivity index (χ0n) is 9.77. The van der Waals surface area contributed by atoms with Crippen LogP contribution in [0.15, 0.2) is 15.9 Å². The molecular weight excluding hydrogens is 270 g/mol. The van der Waals surface area contributed by atoms with Gasteiger partial charge in [0.1, 0.15) is 0 Å². The summed E-state index contributed by atoms with van der Waals surface area (Å²) in [5, 5.41) is 3.39. The van der Waals surface area contributed by atoms with E-state index in [1.165, 1.54) is 21.5 Å². The second-order valence-electron chi connectivity index (χ2n) is 4.65. The van der Waals surface area contributed by atoms with Crippen LogP contribution >= 0.6 is 27.3 Å². The van der Waals surface area contributed by atoms with Gasteiger partial charge in [-0.1, -0.05) is 20.8 Å². The Morgan fingerprint density at radius 3 is 2.67 bits per heavy atom. The van der Waals surface area contributed by atoms with Gasteiger partial charge in [-0.15, -0.1) is 11.3 Å². The minimum Gasteiger partial charge on any atom is -0.317 e. The van der Waals surface area contributed by atoms with E-state index in [9.17, 15) is 0 Å². The van der Waals surface area contributed by atoms with Crippen LogP contribution in [0.4, 0.5) is 0 Å². The second kappa shape index (κ2) is 6.02. The molecule has 0 atom stereocenters. The van der Waals surface area contributed by atoms with Crippen molar-refractivity contribution in [1.29, 1.82) is 0 Å². The van der Waals surface area contributed by atoms with Gasteiger partial charge in [-0.05, 0) is 59.4 Å². The quantitative estimate of drug-likeness (QED) is 0.778. The van der Waals surface area contributed by atoms with Gasteiger partial charge in [0, 0.05) is 4.88 Å². The molecule has 0 bridgehead atoms. The molecule has 3 heteroatoms. The first-order valence-electron chi connectivity index (χ1n) is 5.48. The Bertz CT molecular complexity index is 294. The maximum Gasteiger partial charge on any atom is 0.0701 e. The zero-order valence-corrected chi connectivity index (χ0v) is 12.2. The van der Waals surface area contributed by atoms with Crippen LogP contribution in [0, 0.1) is 5.41 Å². The SMILES string of the molecule is CCNCCC(C)(C)Cc1ccc(Br)s1. The van der Waals surface area contributed by atoms with Crippen LogP contribution in [-0.4, -0.2) is 13.1 Å². The van der Waals surface area contributed by atoms with Gasteiger partial charge in [-0.3, -0.25) is 0 Å². The molecule has 0 saturated carbocycles. The lowest BCUT2D eigenvalue weighted by Gasteiger charge is -2.23. The molecule has 1 aromatic heterocycles. The van der Waals surface area contributed by atoms with E-state index in [-0.39, 0.29) is 0 Å². The van der Waals surface area contributed by atoms with E-state index in [0.29, 0.717) is 5.41 Å². The van der Waals surface area contributed by atoms with Crippen molar-refractivity contribution in [2.75, 3.05) is 13.1 Å². The van der Waals surface area contributed by atoms with Gasteiger partial charge in [0.05, 0.1) is 3.79 Å². The number of halogens is 1. The third kappa shape index (κ3) is 5.14. The predicted octanol–water partition coefficient (Wildman–Crippen LogP) is 4.08. The molecule has 0 radical (unpaired) electrons. The summed E-state index contributed by atoms with van der Waals surface area (Å²) < 4.78 is 1.24. The maximum atomic E-state index is 3.51. The van der Waals surface area contributed by atoms with Crippen molar-refractivity contribution in [2.45, 2.75) is 33.6 Å². The fourth-order valence-electron chi connectivity index (χ4n) is 1.61. The highest BCUT2D eigenvalue weighted by Crippen LogP contribution is 2.31. The highest BCUT2D eigenvalue weighted by Gasteiger charge is 2.18. The summed E-state index contributed by atoms with van der Waals surface area (Å²) in [7, 11) is 0. The van der Waals surface area contributed by atoms with Crippen molar-refractivity contribution in [2.24, 2.45) is 5.41 Å². The van der Waals surface area contributed by atoms with E-state index in [1.807, 2.05) is 11.3 Å². The van der Waals surface area contributed by atoms with Gasteiger partial charge in [-0.2, -0.15) is 0 Å². The second-order valence-corrected chi connectivity index (χ2v) is 7.20. The van der Waals surface area contributed by atoms with Gasteiger partial charge in [0.2, 0.25) is 0 Å². The van der Waals surface area contributed by atoms with Crippen LogP contribution in [0.1, 0.15) is 32.1 Å². The molecule has 0 unspecified atom stereocenters. The molecule has 0 saturated heterocycles. The minimum absolute atomic E-state index is 0.395. The lowest BCUT2D eigenvalue weighted by molar-refractivity contribution is 0.329. The van der Waals surface area contributed by atoms with Gasteiger partial charge < -0.3 is 5.32 Å². The van der Waals surface area contributed by atoms with Gasteiger partial charge in [0.15, 0.2) is 0 Å². The Morgan fingerprint density at radius 2 is 2.13 bits per heavy atom. The molecule has 86 valence electrons. The molecule has 0 amide bonds. The van der Waals surface area contributed by atoms with E-state index in [1.54, 1.807) is 0 Å². The smallest absolute Gasteiger partial charge is 0.0701 e. The maximum absolute atomic E-state index is 3.51. The molecule has 0 aromatic carbocycles. The van der Waals surface area contributed by atoms with Crippen LogP contribution in [0.5, 0.6) is 0 Å². The van der Waals surface area contributed by atoms with Crippen LogP contribution in [0.2, 0.25) is 0 Å². The van der Waals surface area contributed by atoms with Gasteiger partial charge in [-0.25, -0.2) is 0 Å². The molecular formula is C12H20BrNS. The summed E-state index contributed by atoms with van der Waals surface area (Å²) in [6, 6.07) is 4.37. The van der Waals surface area contributed by atoms with E-state index >= 15 is 0 Å². The standard InChI is InChI=1S/C12H20BrNS/c1-4-14-8-7-12(2,3)9-10-5-6-11(13)15-10/h5-6,14H,4,7-9H2,1-3H3. The fraction of sp³-hybridized carbons (Fsp3) is 0.667. The zero-order chi connectivity index (χ0) is 11.3. The summed E-state index contributed by atoms with van der Waals surface area (Å²) in [5.41, 5.74) is 0.395. The van der Waals surface area contributed by atoms with E-state index in [4.69, 9.17) is 0 Å². The number of thiophene rings is 1. The average molecular weight is 290 g/mol. The van der Waals surface area contributed by atoms with Crippen LogP contribution in [0.25, 0.3) is 0 Å². The summed E-state index contributed by atoms with van der Waals surface area (Å²) in [6.07, 6.45) is 2.41. The first kappa shape index (κ1) is 13.2. The molecule has 0 aliphatic carbocycles. The Labute approximate surface area is 105 Å². The fourth-order valence-corrected chi connectivity index (χ4v) is 3.35. The van der Waals surface area contributed by atoms with Crippen molar-refractivity contribution in [1.82, 2.24) is 5.32 Å². The lowest BCUT2D eigenvalue weighted by atomic mass is 9.85. The predicted molar refractivity (Wildman–Crippen MR) is 72.7 cm³/mol. The van der Waals surface area contributed by atoms with E-state index in [0.717, 1.165) is 13.1 Å². The third-order valence-electron chi connectivity index (χ3n) is 2.51. The summed E-state index contributed by atoms with van der Waals surface area (Å²) in [6.45, 7) is 9.04. The first-order valence-corrected chi connectivity index (χ1v) is 7.09. The number of hydrogen-bond acceptors (Lipinski definition) is 2. The normalized spacial score (nSPS) is 12.0. The van der Waals surface area contributed by atoms with Crippen LogP contribution in [-0.2, 0) is 6.42 Å². The van der Waals surface area contributed by atoms with Crippen LogP contribution in [0.3, 0.4) is 0 Å². The van der Waals surface area contributed by atoms with Crippen LogP contribution < -0.4 is 5.32 Å². The number of rotatable bonds is 6. The molecule has 1 heterocycles. The first-order chi connectivity index (χ1) is 7.03. The Balaban J connectivity index is 2.41. The average Bonchev–Trinajstić information content (AvgIpc) is 2.50. The Kier molecular flexibility index (Phi) is 5.30. The van der Waals surface area contributed by atoms with E-state index < -0.39 is 0 Å². The molecule has 0 aliphatic rings. The molecule has 1 rings (SSSR count). The monoisotopic (exact) mass is 289 g/mol. The highest BCUT2D eigenvalue weighted by atomic mass is 79.9. The summed E-state index contributed by atoms with van der Waals surface area (Å²) in [4.78, 5) is 1.48. The molecule has 1 aromatic rings. The Morgan fingerprint density at radius 1 is 1.40 bits per heavy atom. The van der Waals surface area contributed by atoms with E-state index in [2.05, 4.69) is 54.2 Å². The van der Waals surface area contributed by atoms with Gasteiger partial charge >= 0.3 is 0 Å².